The predicted molar refractivity (Wildman–Crippen MR) is 65.2 cm³/mol. The van der Waals surface area contributed by atoms with Gasteiger partial charge in [0.1, 0.15) is 5.76 Å². The minimum absolute atomic E-state index is 0.192. The Kier molecular flexibility index (Phi) is 3.36. The van der Waals surface area contributed by atoms with E-state index in [9.17, 15) is 0 Å². The molecule has 1 aromatic rings. The Bertz CT molecular complexity index is 319. The molecular weight excluding hydrogens is 200 g/mol. The molecule has 1 saturated heterocycles. The maximum Gasteiger partial charge on any atom is 0.117 e. The van der Waals surface area contributed by atoms with E-state index in [1.807, 2.05) is 6.07 Å². The largest absolute Gasteiger partial charge is 0.468 e. The summed E-state index contributed by atoms with van der Waals surface area (Å²) in [5.41, 5.74) is 0.192. The molecule has 0 amide bonds. The summed E-state index contributed by atoms with van der Waals surface area (Å²) >= 11 is 0. The van der Waals surface area contributed by atoms with Crippen LogP contribution in [0, 0.1) is 5.92 Å². The molecule has 1 unspecified atom stereocenters. The van der Waals surface area contributed by atoms with Gasteiger partial charge in [-0.2, -0.15) is 0 Å². The second kappa shape index (κ2) is 4.60. The van der Waals surface area contributed by atoms with Gasteiger partial charge in [0, 0.05) is 18.6 Å². The molecule has 1 atom stereocenters. The lowest BCUT2D eigenvalue weighted by atomic mass is 10.1. The van der Waals surface area contributed by atoms with Crippen LogP contribution in [0.5, 0.6) is 0 Å². The van der Waals surface area contributed by atoms with Gasteiger partial charge in [0.15, 0.2) is 0 Å². The molecule has 1 aliphatic heterocycles. The lowest BCUT2D eigenvalue weighted by Gasteiger charge is -2.29. The molecule has 0 aromatic carbocycles. The number of nitrogens with zero attached hydrogens (tertiary/aromatic N) is 1. The molecule has 1 aliphatic rings. The molecule has 3 heteroatoms. The average Bonchev–Trinajstić information content (AvgIpc) is 2.62. The van der Waals surface area contributed by atoms with E-state index in [1.165, 1.54) is 0 Å². The van der Waals surface area contributed by atoms with Crippen LogP contribution >= 0.6 is 0 Å². The van der Waals surface area contributed by atoms with Crippen LogP contribution < -0.4 is 5.32 Å². The van der Waals surface area contributed by atoms with E-state index in [0.717, 1.165) is 31.9 Å². The van der Waals surface area contributed by atoms with Crippen LogP contribution in [0.15, 0.2) is 22.8 Å². The zero-order chi connectivity index (χ0) is 11.6. The van der Waals surface area contributed by atoms with E-state index >= 15 is 0 Å². The summed E-state index contributed by atoms with van der Waals surface area (Å²) < 4.78 is 5.42. The summed E-state index contributed by atoms with van der Waals surface area (Å²) in [5, 5.41) is 3.61. The van der Waals surface area contributed by atoms with Crippen LogP contribution in [-0.4, -0.2) is 30.1 Å². The number of rotatable bonds is 2. The minimum Gasteiger partial charge on any atom is -0.468 e. The Labute approximate surface area is 97.8 Å². The zero-order valence-corrected chi connectivity index (χ0v) is 10.5. The molecule has 0 saturated carbocycles. The second-order valence-corrected chi connectivity index (χ2v) is 5.62. The standard InChI is InChI=1S/C13H22N2O/c1-11-7-14-13(2,3)10-15(8-11)9-12-5-4-6-16-12/h4-6,11,14H,7-10H2,1-3H3. The third-order valence-electron chi connectivity index (χ3n) is 3.08. The summed E-state index contributed by atoms with van der Waals surface area (Å²) in [6.07, 6.45) is 1.75. The summed E-state index contributed by atoms with van der Waals surface area (Å²) in [7, 11) is 0. The Balaban J connectivity index is 2.01. The van der Waals surface area contributed by atoms with Crippen molar-refractivity contribution < 1.29 is 4.42 Å². The smallest absolute Gasteiger partial charge is 0.117 e. The van der Waals surface area contributed by atoms with E-state index in [4.69, 9.17) is 4.42 Å². The van der Waals surface area contributed by atoms with Crippen LogP contribution in [-0.2, 0) is 6.54 Å². The number of hydrogen-bond acceptors (Lipinski definition) is 3. The van der Waals surface area contributed by atoms with Gasteiger partial charge in [-0.3, -0.25) is 4.90 Å². The highest BCUT2D eigenvalue weighted by Crippen LogP contribution is 2.16. The number of furan rings is 1. The highest BCUT2D eigenvalue weighted by molar-refractivity contribution is 4.99. The Hall–Kier alpha value is -0.800. The van der Waals surface area contributed by atoms with Gasteiger partial charge >= 0.3 is 0 Å². The predicted octanol–water partition coefficient (Wildman–Crippen LogP) is 2.10. The SMILES string of the molecule is CC1CNC(C)(C)CN(Cc2ccco2)C1. The molecule has 0 radical (unpaired) electrons. The Morgan fingerprint density at radius 1 is 1.56 bits per heavy atom. The molecule has 0 spiro atoms. The first-order valence-corrected chi connectivity index (χ1v) is 6.05. The van der Waals surface area contributed by atoms with E-state index < -0.39 is 0 Å². The van der Waals surface area contributed by atoms with Crippen molar-refractivity contribution in [3.05, 3.63) is 24.2 Å². The highest BCUT2D eigenvalue weighted by atomic mass is 16.3. The molecule has 2 rings (SSSR count). The van der Waals surface area contributed by atoms with Gasteiger partial charge < -0.3 is 9.73 Å². The fraction of sp³-hybridized carbons (Fsp3) is 0.692. The molecule has 16 heavy (non-hydrogen) atoms. The molecule has 0 aliphatic carbocycles. The summed E-state index contributed by atoms with van der Waals surface area (Å²) in [4.78, 5) is 2.48. The Morgan fingerprint density at radius 3 is 3.06 bits per heavy atom. The molecule has 1 N–H and O–H groups in total. The number of hydrogen-bond donors (Lipinski definition) is 1. The first-order chi connectivity index (χ1) is 7.55. The summed E-state index contributed by atoms with van der Waals surface area (Å²) in [6.45, 7) is 11.0. The van der Waals surface area contributed by atoms with Crippen molar-refractivity contribution >= 4 is 0 Å². The van der Waals surface area contributed by atoms with Crippen molar-refractivity contribution in [1.29, 1.82) is 0 Å². The summed E-state index contributed by atoms with van der Waals surface area (Å²) in [5.74, 6) is 1.75. The second-order valence-electron chi connectivity index (χ2n) is 5.62. The zero-order valence-electron chi connectivity index (χ0n) is 10.5. The fourth-order valence-electron chi connectivity index (χ4n) is 2.38. The van der Waals surface area contributed by atoms with Crippen molar-refractivity contribution in [2.75, 3.05) is 19.6 Å². The number of nitrogens with one attached hydrogen (secondary N) is 1. The topological polar surface area (TPSA) is 28.4 Å². The maximum absolute atomic E-state index is 5.42. The van der Waals surface area contributed by atoms with Crippen molar-refractivity contribution in [2.45, 2.75) is 32.9 Å². The highest BCUT2D eigenvalue weighted by Gasteiger charge is 2.27. The van der Waals surface area contributed by atoms with E-state index in [1.54, 1.807) is 6.26 Å². The quantitative estimate of drug-likeness (QED) is 0.830. The lowest BCUT2D eigenvalue weighted by molar-refractivity contribution is 0.199. The van der Waals surface area contributed by atoms with E-state index in [-0.39, 0.29) is 5.54 Å². The van der Waals surface area contributed by atoms with E-state index in [2.05, 4.69) is 37.1 Å². The van der Waals surface area contributed by atoms with Gasteiger partial charge in [0.25, 0.3) is 0 Å². The molecule has 0 bridgehead atoms. The lowest BCUT2D eigenvalue weighted by Crippen LogP contribution is -2.46. The molecule has 1 aromatic heterocycles. The van der Waals surface area contributed by atoms with Crippen LogP contribution in [0.25, 0.3) is 0 Å². The average molecular weight is 222 g/mol. The van der Waals surface area contributed by atoms with Crippen molar-refractivity contribution in [2.24, 2.45) is 5.92 Å². The van der Waals surface area contributed by atoms with Crippen molar-refractivity contribution in [3.63, 3.8) is 0 Å². The normalized spacial score (nSPS) is 26.6. The third-order valence-corrected chi connectivity index (χ3v) is 3.08. The molecule has 2 heterocycles. The monoisotopic (exact) mass is 222 g/mol. The molecular formula is C13H22N2O. The van der Waals surface area contributed by atoms with Gasteiger partial charge in [-0.15, -0.1) is 0 Å². The van der Waals surface area contributed by atoms with Crippen LogP contribution in [0.4, 0.5) is 0 Å². The van der Waals surface area contributed by atoms with Gasteiger partial charge in [0.05, 0.1) is 12.8 Å². The fourth-order valence-corrected chi connectivity index (χ4v) is 2.38. The molecule has 1 fully saturated rings. The molecule has 90 valence electrons. The van der Waals surface area contributed by atoms with E-state index in [0.29, 0.717) is 5.92 Å². The van der Waals surface area contributed by atoms with Gasteiger partial charge in [-0.05, 0) is 38.4 Å². The Morgan fingerprint density at radius 2 is 2.38 bits per heavy atom. The maximum atomic E-state index is 5.42. The van der Waals surface area contributed by atoms with Crippen LogP contribution in [0.1, 0.15) is 26.5 Å². The van der Waals surface area contributed by atoms with Crippen molar-refractivity contribution in [1.82, 2.24) is 10.2 Å². The van der Waals surface area contributed by atoms with Gasteiger partial charge in [-0.1, -0.05) is 6.92 Å². The molecule has 3 nitrogen and oxygen atoms in total. The first-order valence-electron chi connectivity index (χ1n) is 6.05. The first kappa shape index (κ1) is 11.7. The third kappa shape index (κ3) is 3.09. The van der Waals surface area contributed by atoms with Gasteiger partial charge in [-0.25, -0.2) is 0 Å². The summed E-state index contributed by atoms with van der Waals surface area (Å²) in [6, 6.07) is 4.01. The minimum atomic E-state index is 0.192. The van der Waals surface area contributed by atoms with Crippen LogP contribution in [0.3, 0.4) is 0 Å². The van der Waals surface area contributed by atoms with Crippen LogP contribution in [0.2, 0.25) is 0 Å². The van der Waals surface area contributed by atoms with Crippen molar-refractivity contribution in [3.8, 4) is 0 Å². The van der Waals surface area contributed by atoms with Gasteiger partial charge in [0.2, 0.25) is 0 Å².